The van der Waals surface area contributed by atoms with Crippen LogP contribution in [0.2, 0.25) is 0 Å². The van der Waals surface area contributed by atoms with Gasteiger partial charge in [0.15, 0.2) is 0 Å². The molecule has 0 saturated heterocycles. The lowest BCUT2D eigenvalue weighted by Crippen LogP contribution is -2.19. The number of hydrogen-bond donors (Lipinski definition) is 1. The van der Waals surface area contributed by atoms with Gasteiger partial charge >= 0.3 is 6.09 Å². The highest BCUT2D eigenvalue weighted by molar-refractivity contribution is 9.10. The van der Waals surface area contributed by atoms with Crippen molar-refractivity contribution in [2.45, 2.75) is 19.8 Å². The molecular weight excluding hydrogens is 384 g/mol. The molecule has 0 aromatic heterocycles. The predicted octanol–water partition coefficient (Wildman–Crippen LogP) is 5.16. The van der Waals surface area contributed by atoms with Crippen molar-refractivity contribution >= 4 is 33.6 Å². The summed E-state index contributed by atoms with van der Waals surface area (Å²) in [6.07, 6.45) is 3.07. The molecule has 0 heterocycles. The molecule has 5 nitrogen and oxygen atoms in total. The summed E-state index contributed by atoms with van der Waals surface area (Å²) in [6, 6.07) is 15.1. The first-order valence-corrected chi connectivity index (χ1v) is 8.69. The average molecular weight is 404 g/mol. The average Bonchev–Trinajstić information content (AvgIpc) is 2.58. The standard InChI is InChI=1S/C19H20BrN2O3/c1-3-5-14-6-4-7-15(12-14)13-18(22-24-2)25-19(23)21-17-10-8-16(20)9-11-17/h4,6-13H,3,5H2,1-2H3,(H,21,23). The quantitative estimate of drug-likeness (QED) is 0.411. The number of anilines is 1. The summed E-state index contributed by atoms with van der Waals surface area (Å²) in [5.41, 5.74) is 2.72. The summed E-state index contributed by atoms with van der Waals surface area (Å²) in [5.74, 6) is 0.0748. The number of ether oxygens (including phenoxy) is 1. The molecular formula is C19H20BrN2O3. The van der Waals surface area contributed by atoms with Crippen molar-refractivity contribution in [3.63, 3.8) is 0 Å². The second-order valence-corrected chi connectivity index (χ2v) is 6.19. The molecule has 0 unspecified atom stereocenters. The fourth-order valence-corrected chi connectivity index (χ4v) is 2.47. The Bertz CT molecular complexity index is 730. The van der Waals surface area contributed by atoms with Crippen LogP contribution >= 0.6 is 15.9 Å². The van der Waals surface area contributed by atoms with E-state index in [1.54, 1.807) is 18.6 Å². The molecule has 0 aliphatic rings. The van der Waals surface area contributed by atoms with Crippen molar-refractivity contribution < 1.29 is 14.4 Å². The number of oxime groups is 1. The second kappa shape index (κ2) is 9.84. The lowest BCUT2D eigenvalue weighted by atomic mass is 10.1. The van der Waals surface area contributed by atoms with E-state index in [4.69, 9.17) is 9.57 Å². The first kappa shape index (κ1) is 19.0. The van der Waals surface area contributed by atoms with Crippen LogP contribution < -0.4 is 5.32 Å². The number of carbonyl (C=O) groups excluding carboxylic acids is 1. The van der Waals surface area contributed by atoms with Gasteiger partial charge in [-0.3, -0.25) is 5.32 Å². The first-order chi connectivity index (χ1) is 12.1. The van der Waals surface area contributed by atoms with Gasteiger partial charge in [0.1, 0.15) is 7.11 Å². The van der Waals surface area contributed by atoms with Gasteiger partial charge in [0, 0.05) is 10.2 Å². The minimum absolute atomic E-state index is 0.0748. The lowest BCUT2D eigenvalue weighted by Gasteiger charge is -2.09. The van der Waals surface area contributed by atoms with E-state index in [2.05, 4.69) is 39.4 Å². The largest absolute Gasteiger partial charge is 0.418 e. The zero-order chi connectivity index (χ0) is 18.1. The van der Waals surface area contributed by atoms with Gasteiger partial charge in [0.2, 0.25) is 5.90 Å². The van der Waals surface area contributed by atoms with E-state index >= 15 is 0 Å². The van der Waals surface area contributed by atoms with Gasteiger partial charge in [-0.2, -0.15) is 0 Å². The molecule has 0 fully saturated rings. The normalized spacial score (nSPS) is 11.1. The Morgan fingerprint density at radius 1 is 1.24 bits per heavy atom. The number of benzene rings is 2. The summed E-state index contributed by atoms with van der Waals surface area (Å²) < 4.78 is 6.16. The fourth-order valence-electron chi connectivity index (χ4n) is 2.21. The summed E-state index contributed by atoms with van der Waals surface area (Å²) in [4.78, 5) is 16.8. The monoisotopic (exact) mass is 403 g/mol. The Morgan fingerprint density at radius 3 is 2.68 bits per heavy atom. The molecule has 2 aromatic rings. The van der Waals surface area contributed by atoms with Crippen molar-refractivity contribution in [2.75, 3.05) is 12.4 Å². The van der Waals surface area contributed by atoms with E-state index in [0.717, 1.165) is 22.9 Å². The molecule has 0 aliphatic heterocycles. The maximum atomic E-state index is 12.0. The van der Waals surface area contributed by atoms with Crippen molar-refractivity contribution in [3.8, 4) is 0 Å². The van der Waals surface area contributed by atoms with Crippen LogP contribution in [0.3, 0.4) is 0 Å². The third-order valence-electron chi connectivity index (χ3n) is 3.25. The molecule has 1 radical (unpaired) electrons. The van der Waals surface area contributed by atoms with Gasteiger partial charge in [0.05, 0.1) is 6.42 Å². The Balaban J connectivity index is 2.00. The van der Waals surface area contributed by atoms with E-state index in [9.17, 15) is 4.79 Å². The summed E-state index contributed by atoms with van der Waals surface area (Å²) in [6.45, 7) is 2.13. The molecule has 2 rings (SSSR count). The molecule has 6 heteroatoms. The Kier molecular flexibility index (Phi) is 7.47. The number of aryl methyl sites for hydroxylation is 1. The van der Waals surface area contributed by atoms with E-state index < -0.39 is 6.09 Å². The number of nitrogens with zero attached hydrogens (tertiary/aromatic N) is 1. The molecule has 1 amide bonds. The summed E-state index contributed by atoms with van der Waals surface area (Å²) >= 11 is 3.34. The minimum Gasteiger partial charge on any atom is -0.396 e. The van der Waals surface area contributed by atoms with Crippen LogP contribution in [0.5, 0.6) is 0 Å². The third kappa shape index (κ3) is 6.58. The van der Waals surface area contributed by atoms with Gasteiger partial charge in [-0.15, -0.1) is 0 Å². The van der Waals surface area contributed by atoms with Gasteiger partial charge in [-0.1, -0.05) is 58.7 Å². The number of hydrogen-bond acceptors (Lipinski definition) is 4. The molecule has 2 aromatic carbocycles. The van der Waals surface area contributed by atoms with Gasteiger partial charge in [0.25, 0.3) is 0 Å². The number of nitrogens with one attached hydrogen (secondary N) is 1. The van der Waals surface area contributed by atoms with Crippen LogP contribution in [-0.2, 0) is 16.0 Å². The smallest absolute Gasteiger partial charge is 0.396 e. The summed E-state index contributed by atoms with van der Waals surface area (Å²) in [7, 11) is 1.40. The molecule has 0 aliphatic carbocycles. The number of rotatable bonds is 6. The molecule has 0 spiro atoms. The zero-order valence-corrected chi connectivity index (χ0v) is 15.7. The second-order valence-electron chi connectivity index (χ2n) is 5.27. The maximum absolute atomic E-state index is 12.0. The van der Waals surface area contributed by atoms with E-state index in [1.165, 1.54) is 12.7 Å². The fraction of sp³-hybridized carbons (Fsp3) is 0.211. The SMILES string of the molecule is CCCc1cccc([CH]C(=NOC)OC(=O)Nc2ccc(Br)cc2)c1. The van der Waals surface area contributed by atoms with Crippen molar-refractivity contribution in [1.82, 2.24) is 0 Å². The van der Waals surface area contributed by atoms with Crippen molar-refractivity contribution in [3.05, 3.63) is 70.6 Å². The first-order valence-electron chi connectivity index (χ1n) is 7.90. The minimum atomic E-state index is -0.640. The topological polar surface area (TPSA) is 59.9 Å². The Hall–Kier alpha value is -2.34. The van der Waals surface area contributed by atoms with Crippen LogP contribution in [0.25, 0.3) is 0 Å². The molecule has 0 bridgehead atoms. The molecule has 131 valence electrons. The number of amides is 1. The van der Waals surface area contributed by atoms with Crippen LogP contribution in [0.1, 0.15) is 24.5 Å². The molecule has 0 atom stereocenters. The number of halogens is 1. The third-order valence-corrected chi connectivity index (χ3v) is 3.78. The van der Waals surface area contributed by atoms with Gasteiger partial charge in [-0.05, 0) is 41.8 Å². The highest BCUT2D eigenvalue weighted by Gasteiger charge is 2.12. The predicted molar refractivity (Wildman–Crippen MR) is 103 cm³/mol. The van der Waals surface area contributed by atoms with Gasteiger partial charge in [-0.25, -0.2) is 4.79 Å². The van der Waals surface area contributed by atoms with Crippen molar-refractivity contribution in [2.24, 2.45) is 5.16 Å². The Labute approximate surface area is 156 Å². The highest BCUT2D eigenvalue weighted by Crippen LogP contribution is 2.15. The van der Waals surface area contributed by atoms with E-state index in [1.807, 2.05) is 30.3 Å². The van der Waals surface area contributed by atoms with E-state index in [-0.39, 0.29) is 5.90 Å². The van der Waals surface area contributed by atoms with Gasteiger partial charge < -0.3 is 9.57 Å². The van der Waals surface area contributed by atoms with Crippen molar-refractivity contribution in [1.29, 1.82) is 0 Å². The summed E-state index contributed by atoms with van der Waals surface area (Å²) in [5, 5.41) is 6.40. The molecule has 0 saturated carbocycles. The zero-order valence-electron chi connectivity index (χ0n) is 14.2. The van der Waals surface area contributed by atoms with Crippen LogP contribution in [0.15, 0.2) is 58.2 Å². The lowest BCUT2D eigenvalue weighted by molar-refractivity contribution is 0.188. The highest BCUT2D eigenvalue weighted by atomic mass is 79.9. The maximum Gasteiger partial charge on any atom is 0.418 e. The van der Waals surface area contributed by atoms with E-state index in [0.29, 0.717) is 5.69 Å². The van der Waals surface area contributed by atoms with Crippen LogP contribution in [0, 0.1) is 6.42 Å². The Morgan fingerprint density at radius 2 is 2.00 bits per heavy atom. The number of carbonyl (C=O) groups is 1. The van der Waals surface area contributed by atoms with Crippen LogP contribution in [-0.4, -0.2) is 19.1 Å². The van der Waals surface area contributed by atoms with Crippen LogP contribution in [0.4, 0.5) is 10.5 Å². The molecule has 25 heavy (non-hydrogen) atoms. The molecule has 1 N–H and O–H groups in total.